The van der Waals surface area contributed by atoms with Crippen LogP contribution in [0.1, 0.15) is 22.8 Å². The van der Waals surface area contributed by atoms with E-state index < -0.39 is 17.9 Å². The molecule has 0 atom stereocenters. The van der Waals surface area contributed by atoms with Crippen LogP contribution < -0.4 is 4.74 Å². The van der Waals surface area contributed by atoms with Crippen LogP contribution in [0.2, 0.25) is 0 Å². The van der Waals surface area contributed by atoms with Crippen LogP contribution in [0.4, 0.5) is 0 Å². The van der Waals surface area contributed by atoms with Crippen LogP contribution in [0.5, 0.6) is 11.5 Å². The van der Waals surface area contributed by atoms with Crippen molar-refractivity contribution in [2.45, 2.75) is 6.92 Å². The normalized spacial score (nSPS) is 10.0. The van der Waals surface area contributed by atoms with Crippen molar-refractivity contribution in [3.63, 3.8) is 0 Å². The van der Waals surface area contributed by atoms with Crippen molar-refractivity contribution in [1.29, 1.82) is 5.26 Å². The van der Waals surface area contributed by atoms with Crippen molar-refractivity contribution in [1.82, 2.24) is 0 Å². The van der Waals surface area contributed by atoms with Gasteiger partial charge in [0.05, 0.1) is 0 Å². The molecule has 8 nitrogen and oxygen atoms in total. The van der Waals surface area contributed by atoms with E-state index in [9.17, 15) is 14.4 Å². The van der Waals surface area contributed by atoms with Crippen LogP contribution >= 0.6 is 0 Å². The second-order valence-electron chi connectivity index (χ2n) is 4.96. The minimum absolute atomic E-state index is 0.0160. The fourth-order valence-electron chi connectivity index (χ4n) is 1.81. The number of carbonyl (C=O) groups is 3. The number of ether oxygens (including phenoxy) is 1. The zero-order valence-corrected chi connectivity index (χ0v) is 14.1. The number of phenols is 1. The number of nitrogens with zero attached hydrogens (tertiary/aromatic N) is 1. The number of hydrogen-bond donors (Lipinski definition) is 3. The molecule has 0 spiro atoms. The van der Waals surface area contributed by atoms with Gasteiger partial charge in [-0.15, -0.1) is 0 Å². The Bertz CT molecular complexity index is 926. The van der Waals surface area contributed by atoms with Gasteiger partial charge in [-0.2, -0.15) is 5.26 Å². The summed E-state index contributed by atoms with van der Waals surface area (Å²) in [5, 5.41) is 34.8. The standard InChI is InChI=1S/C10H7NO3.C9H8O4/c11-6-8(10(13)14)4-7-2-1-3-9(12)5-7;1-6(10)13-8-5-3-2-4-7(8)9(11)12/h1-5,12H,(H,13,14);2-5H,1H3,(H,11,12). The van der Waals surface area contributed by atoms with Crippen molar-refractivity contribution in [3.8, 4) is 17.6 Å². The van der Waals surface area contributed by atoms with Crippen LogP contribution in [-0.2, 0) is 9.59 Å². The summed E-state index contributed by atoms with van der Waals surface area (Å²) in [5.74, 6) is -2.83. The van der Waals surface area contributed by atoms with Crippen molar-refractivity contribution in [2.75, 3.05) is 0 Å². The van der Waals surface area contributed by atoms with E-state index in [-0.39, 0.29) is 22.6 Å². The van der Waals surface area contributed by atoms with Crippen LogP contribution in [0.25, 0.3) is 6.08 Å². The molecule has 0 aliphatic rings. The molecule has 0 bridgehead atoms. The molecule has 0 radical (unpaired) electrons. The van der Waals surface area contributed by atoms with E-state index in [2.05, 4.69) is 4.74 Å². The number of rotatable bonds is 4. The van der Waals surface area contributed by atoms with Gasteiger partial charge in [-0.25, -0.2) is 9.59 Å². The molecule has 0 aliphatic heterocycles. The second kappa shape index (κ2) is 10.0. The molecule has 2 aromatic carbocycles. The van der Waals surface area contributed by atoms with Crippen molar-refractivity contribution < 1.29 is 34.4 Å². The summed E-state index contributed by atoms with van der Waals surface area (Å²) < 4.78 is 4.69. The summed E-state index contributed by atoms with van der Waals surface area (Å²) in [6.07, 6.45) is 1.20. The average molecular weight is 369 g/mol. The summed E-state index contributed by atoms with van der Waals surface area (Å²) in [6.45, 7) is 1.22. The van der Waals surface area contributed by atoms with Gasteiger partial charge in [0, 0.05) is 6.92 Å². The highest BCUT2D eigenvalue weighted by Crippen LogP contribution is 2.17. The zero-order valence-electron chi connectivity index (χ0n) is 14.1. The molecular weight excluding hydrogens is 354 g/mol. The lowest BCUT2D eigenvalue weighted by molar-refractivity contribution is -0.133. The fourth-order valence-corrected chi connectivity index (χ4v) is 1.81. The number of carboxylic acids is 2. The van der Waals surface area contributed by atoms with E-state index in [1.165, 1.54) is 37.3 Å². The number of aromatic hydroxyl groups is 1. The third-order valence-corrected chi connectivity index (χ3v) is 2.90. The lowest BCUT2D eigenvalue weighted by atomic mass is 10.1. The van der Waals surface area contributed by atoms with E-state index in [0.29, 0.717) is 5.56 Å². The van der Waals surface area contributed by atoms with Gasteiger partial charge in [0.15, 0.2) is 0 Å². The molecule has 0 heterocycles. The molecule has 0 amide bonds. The first-order chi connectivity index (χ1) is 12.7. The predicted octanol–water partition coefficient (Wildman–Crippen LogP) is 2.69. The number of aliphatic carboxylic acids is 1. The van der Waals surface area contributed by atoms with Crippen LogP contribution in [0.3, 0.4) is 0 Å². The molecule has 0 fully saturated rings. The first-order valence-electron chi connectivity index (χ1n) is 7.39. The maximum Gasteiger partial charge on any atom is 0.346 e. The van der Waals surface area contributed by atoms with Gasteiger partial charge in [-0.3, -0.25) is 4.79 Å². The zero-order chi connectivity index (χ0) is 20.4. The van der Waals surface area contributed by atoms with Gasteiger partial charge in [0.25, 0.3) is 0 Å². The van der Waals surface area contributed by atoms with E-state index in [1.807, 2.05) is 0 Å². The van der Waals surface area contributed by atoms with Gasteiger partial charge in [0.1, 0.15) is 28.7 Å². The highest BCUT2D eigenvalue weighted by Gasteiger charge is 2.11. The number of esters is 1. The number of carbonyl (C=O) groups excluding carboxylic acids is 1. The van der Waals surface area contributed by atoms with Crippen molar-refractivity contribution in [3.05, 3.63) is 65.2 Å². The molecule has 2 aromatic rings. The van der Waals surface area contributed by atoms with E-state index in [1.54, 1.807) is 30.3 Å². The van der Waals surface area contributed by atoms with E-state index in [0.717, 1.165) is 0 Å². The van der Waals surface area contributed by atoms with E-state index in [4.69, 9.17) is 20.6 Å². The minimum Gasteiger partial charge on any atom is -0.508 e. The summed E-state index contributed by atoms with van der Waals surface area (Å²) in [6, 6.07) is 13.5. The number of aromatic carboxylic acids is 1. The SMILES string of the molecule is CC(=O)Oc1ccccc1C(=O)O.N#CC(=Cc1cccc(O)c1)C(=O)O. The molecule has 3 N–H and O–H groups in total. The molecule has 0 unspecified atom stereocenters. The van der Waals surface area contributed by atoms with Gasteiger partial charge in [-0.05, 0) is 35.9 Å². The monoisotopic (exact) mass is 369 g/mol. The van der Waals surface area contributed by atoms with Gasteiger partial charge < -0.3 is 20.1 Å². The Morgan fingerprint density at radius 1 is 1.07 bits per heavy atom. The molecule has 8 heteroatoms. The lowest BCUT2D eigenvalue weighted by Crippen LogP contribution is -2.06. The first-order valence-corrected chi connectivity index (χ1v) is 7.39. The third kappa shape index (κ3) is 7.11. The largest absolute Gasteiger partial charge is 0.508 e. The summed E-state index contributed by atoms with van der Waals surface area (Å²) in [5.41, 5.74) is 0.0947. The molecule has 2 rings (SSSR count). The second-order valence-corrected chi connectivity index (χ2v) is 4.96. The maximum absolute atomic E-state index is 10.6. The highest BCUT2D eigenvalue weighted by molar-refractivity contribution is 5.96. The number of hydrogen-bond acceptors (Lipinski definition) is 6. The Morgan fingerprint density at radius 2 is 1.74 bits per heavy atom. The quantitative estimate of drug-likeness (QED) is 0.323. The molecule has 0 saturated carbocycles. The minimum atomic E-state index is -1.28. The first kappa shape index (κ1) is 20.9. The maximum atomic E-state index is 10.6. The predicted molar refractivity (Wildman–Crippen MR) is 94.0 cm³/mol. The molecule has 0 saturated heterocycles. The van der Waals surface area contributed by atoms with Crippen LogP contribution in [-0.4, -0.2) is 33.2 Å². The van der Waals surface area contributed by atoms with Gasteiger partial charge in [0.2, 0.25) is 0 Å². The average Bonchev–Trinajstić information content (AvgIpc) is 2.60. The van der Waals surface area contributed by atoms with Gasteiger partial charge in [-0.1, -0.05) is 24.3 Å². The van der Waals surface area contributed by atoms with Crippen molar-refractivity contribution in [2.24, 2.45) is 0 Å². The Labute approximate surface area is 154 Å². The topological polar surface area (TPSA) is 145 Å². The number of benzene rings is 2. The molecule has 0 aromatic heterocycles. The smallest absolute Gasteiger partial charge is 0.346 e. The Hall–Kier alpha value is -4.12. The molecule has 0 aliphatic carbocycles. The molecule has 138 valence electrons. The van der Waals surface area contributed by atoms with Crippen LogP contribution in [0.15, 0.2) is 54.1 Å². The summed E-state index contributed by atoms with van der Waals surface area (Å²) in [4.78, 5) is 31.7. The molecule has 27 heavy (non-hydrogen) atoms. The number of carboxylic acid groups (broad SMARTS) is 2. The highest BCUT2D eigenvalue weighted by atomic mass is 16.5. The van der Waals surface area contributed by atoms with Crippen LogP contribution in [0, 0.1) is 11.3 Å². The van der Waals surface area contributed by atoms with Crippen molar-refractivity contribution >= 4 is 24.0 Å². The Morgan fingerprint density at radius 3 is 2.26 bits per heavy atom. The number of para-hydroxylation sites is 1. The van der Waals surface area contributed by atoms with Gasteiger partial charge >= 0.3 is 17.9 Å². The molecular formula is C19H15NO7. The Kier molecular flexibility index (Phi) is 7.75. The number of phenolic OH excluding ortho intramolecular Hbond substituents is 1. The lowest BCUT2D eigenvalue weighted by Gasteiger charge is -2.03. The van der Waals surface area contributed by atoms with E-state index >= 15 is 0 Å². The Balaban J connectivity index is 0.000000271. The third-order valence-electron chi connectivity index (χ3n) is 2.90. The summed E-state index contributed by atoms with van der Waals surface area (Å²) >= 11 is 0. The number of nitriles is 1. The summed E-state index contributed by atoms with van der Waals surface area (Å²) in [7, 11) is 0. The fraction of sp³-hybridized carbons (Fsp3) is 0.0526.